The van der Waals surface area contributed by atoms with Crippen LogP contribution >= 0.6 is 11.8 Å². The number of carbonyl (C=O) groups excluding carboxylic acids is 1. The van der Waals surface area contributed by atoms with E-state index in [9.17, 15) is 9.18 Å². The molecule has 26 heavy (non-hydrogen) atoms. The number of para-hydroxylation sites is 1. The Bertz CT molecular complexity index is 1130. The minimum atomic E-state index is -0.458. The smallest absolute Gasteiger partial charge is 0.234 e. The summed E-state index contributed by atoms with van der Waals surface area (Å²) in [6.45, 7) is 1.79. The molecule has 2 heterocycles. The van der Waals surface area contributed by atoms with E-state index in [1.165, 1.54) is 6.07 Å². The van der Waals surface area contributed by atoms with Crippen LogP contribution in [0.4, 0.5) is 10.1 Å². The number of fused-ring (bicyclic) bond motifs is 3. The molecule has 1 amide bonds. The lowest BCUT2D eigenvalue weighted by Crippen LogP contribution is -2.15. The molecule has 0 saturated carbocycles. The Kier molecular flexibility index (Phi) is 4.26. The van der Waals surface area contributed by atoms with Crippen molar-refractivity contribution >= 4 is 45.4 Å². The van der Waals surface area contributed by atoms with E-state index >= 15 is 0 Å². The molecule has 2 N–H and O–H groups in total. The van der Waals surface area contributed by atoms with E-state index in [4.69, 9.17) is 0 Å². The Morgan fingerprint density at radius 1 is 1.23 bits per heavy atom. The Labute approximate surface area is 152 Å². The Morgan fingerprint density at radius 2 is 2.08 bits per heavy atom. The minimum absolute atomic E-state index is 0.0563. The zero-order valence-electron chi connectivity index (χ0n) is 13.8. The predicted molar refractivity (Wildman–Crippen MR) is 99.7 cm³/mol. The largest absolute Gasteiger partial charge is 0.338 e. The van der Waals surface area contributed by atoms with Gasteiger partial charge in [-0.2, -0.15) is 0 Å². The normalized spacial score (nSPS) is 11.2. The summed E-state index contributed by atoms with van der Waals surface area (Å²) >= 11 is 1.14. The van der Waals surface area contributed by atoms with E-state index in [0.29, 0.717) is 16.3 Å². The Morgan fingerprint density at radius 3 is 2.92 bits per heavy atom. The fourth-order valence-corrected chi connectivity index (χ4v) is 3.19. The van der Waals surface area contributed by atoms with E-state index in [1.54, 1.807) is 19.1 Å². The van der Waals surface area contributed by atoms with Gasteiger partial charge < -0.3 is 10.3 Å². The van der Waals surface area contributed by atoms with Gasteiger partial charge in [0.25, 0.3) is 0 Å². The highest BCUT2D eigenvalue weighted by molar-refractivity contribution is 7.99. The summed E-state index contributed by atoms with van der Waals surface area (Å²) in [6, 6.07) is 12.4. The SMILES string of the molecule is Cc1ccc(NC(=O)CSc2nnc3c(n2)[nH]c2ccccc23)c(F)c1. The van der Waals surface area contributed by atoms with Gasteiger partial charge in [-0.1, -0.05) is 36.0 Å². The number of amides is 1. The van der Waals surface area contributed by atoms with Crippen LogP contribution in [0.3, 0.4) is 0 Å². The molecule has 0 aliphatic carbocycles. The number of nitrogens with one attached hydrogen (secondary N) is 2. The van der Waals surface area contributed by atoms with Gasteiger partial charge in [0.1, 0.15) is 11.3 Å². The Hall–Kier alpha value is -3.00. The molecule has 8 heteroatoms. The molecule has 0 fully saturated rings. The van der Waals surface area contributed by atoms with Crippen molar-refractivity contribution in [2.24, 2.45) is 0 Å². The summed E-state index contributed by atoms with van der Waals surface area (Å²) in [5.41, 5.74) is 3.19. The van der Waals surface area contributed by atoms with Crippen LogP contribution in [0, 0.1) is 12.7 Å². The second-order valence-corrected chi connectivity index (χ2v) is 6.72. The van der Waals surface area contributed by atoms with Crippen LogP contribution in [0.15, 0.2) is 47.6 Å². The quantitative estimate of drug-likeness (QED) is 0.538. The first-order valence-electron chi connectivity index (χ1n) is 7.90. The fraction of sp³-hybridized carbons (Fsp3) is 0.111. The summed E-state index contributed by atoms with van der Waals surface area (Å²) in [5, 5.41) is 12.1. The van der Waals surface area contributed by atoms with E-state index in [0.717, 1.165) is 28.2 Å². The average molecular weight is 367 g/mol. The number of nitrogens with zero attached hydrogens (tertiary/aromatic N) is 3. The second kappa shape index (κ2) is 6.72. The van der Waals surface area contributed by atoms with Crippen molar-refractivity contribution in [3.8, 4) is 0 Å². The number of aromatic amines is 1. The van der Waals surface area contributed by atoms with Crippen LogP contribution in [0.1, 0.15) is 5.56 Å². The van der Waals surface area contributed by atoms with E-state index in [2.05, 4.69) is 25.5 Å². The highest BCUT2D eigenvalue weighted by Gasteiger charge is 2.12. The zero-order chi connectivity index (χ0) is 18.1. The highest BCUT2D eigenvalue weighted by atomic mass is 32.2. The number of H-pyrrole nitrogens is 1. The first kappa shape index (κ1) is 16.5. The van der Waals surface area contributed by atoms with Gasteiger partial charge in [0.2, 0.25) is 11.1 Å². The predicted octanol–water partition coefficient (Wildman–Crippen LogP) is 3.68. The van der Waals surface area contributed by atoms with Crippen LogP contribution in [0.5, 0.6) is 0 Å². The van der Waals surface area contributed by atoms with Crippen LogP contribution in [-0.4, -0.2) is 31.8 Å². The fourth-order valence-electron chi connectivity index (χ4n) is 2.60. The standard InChI is InChI=1S/C18H14FN5OS/c1-10-6-7-14(12(19)8-10)20-15(25)9-26-18-22-17-16(23-24-18)11-4-2-3-5-13(11)21-17/h2-8H,9H2,1H3,(H,20,25)(H,21,22,24). The lowest BCUT2D eigenvalue weighted by Gasteiger charge is -2.06. The van der Waals surface area contributed by atoms with E-state index < -0.39 is 5.82 Å². The molecule has 0 aliphatic heterocycles. The molecule has 0 spiro atoms. The van der Waals surface area contributed by atoms with Gasteiger partial charge in [-0.3, -0.25) is 4.79 Å². The molecular weight excluding hydrogens is 353 g/mol. The third-order valence-corrected chi connectivity index (χ3v) is 4.67. The topological polar surface area (TPSA) is 83.6 Å². The first-order valence-corrected chi connectivity index (χ1v) is 8.88. The minimum Gasteiger partial charge on any atom is -0.338 e. The van der Waals surface area contributed by atoms with Crippen molar-refractivity contribution in [3.63, 3.8) is 0 Å². The molecule has 6 nitrogen and oxygen atoms in total. The molecule has 4 aromatic rings. The zero-order valence-corrected chi connectivity index (χ0v) is 14.6. The van der Waals surface area contributed by atoms with Crippen LogP contribution < -0.4 is 5.32 Å². The van der Waals surface area contributed by atoms with Gasteiger partial charge >= 0.3 is 0 Å². The van der Waals surface area contributed by atoms with Gasteiger partial charge in [0.05, 0.1) is 11.4 Å². The third-order valence-electron chi connectivity index (χ3n) is 3.83. The third kappa shape index (κ3) is 3.23. The van der Waals surface area contributed by atoms with Gasteiger partial charge in [0, 0.05) is 10.9 Å². The number of thioether (sulfide) groups is 1. The van der Waals surface area contributed by atoms with E-state index in [1.807, 2.05) is 24.3 Å². The van der Waals surface area contributed by atoms with Crippen LogP contribution in [0.2, 0.25) is 0 Å². The van der Waals surface area contributed by atoms with E-state index in [-0.39, 0.29) is 17.3 Å². The lowest BCUT2D eigenvalue weighted by molar-refractivity contribution is -0.113. The highest BCUT2D eigenvalue weighted by Crippen LogP contribution is 2.23. The average Bonchev–Trinajstić information content (AvgIpc) is 3.00. The molecule has 4 rings (SSSR count). The molecule has 0 aliphatic rings. The molecule has 0 bridgehead atoms. The molecule has 0 atom stereocenters. The lowest BCUT2D eigenvalue weighted by atomic mass is 10.2. The maximum Gasteiger partial charge on any atom is 0.234 e. The molecular formula is C18H14FN5OS. The number of aryl methyl sites for hydroxylation is 1. The number of hydrogen-bond acceptors (Lipinski definition) is 5. The summed E-state index contributed by atoms with van der Waals surface area (Å²) in [4.78, 5) is 19.6. The number of benzene rings is 2. The van der Waals surface area contributed by atoms with Crippen molar-refractivity contribution in [1.82, 2.24) is 20.2 Å². The van der Waals surface area contributed by atoms with Gasteiger partial charge in [0.15, 0.2) is 5.65 Å². The molecule has 0 saturated heterocycles. The molecule has 0 radical (unpaired) electrons. The number of carbonyl (C=O) groups is 1. The monoisotopic (exact) mass is 367 g/mol. The Balaban J connectivity index is 1.47. The van der Waals surface area contributed by atoms with Gasteiger partial charge in [-0.15, -0.1) is 10.2 Å². The van der Waals surface area contributed by atoms with Crippen molar-refractivity contribution in [2.45, 2.75) is 12.1 Å². The molecule has 2 aromatic heterocycles. The van der Waals surface area contributed by atoms with Crippen molar-refractivity contribution in [2.75, 3.05) is 11.1 Å². The number of rotatable bonds is 4. The first-order chi connectivity index (χ1) is 12.6. The molecule has 2 aromatic carbocycles. The summed E-state index contributed by atoms with van der Waals surface area (Å²) in [5.74, 6) is -0.736. The number of anilines is 1. The maximum absolute atomic E-state index is 13.8. The molecule has 130 valence electrons. The van der Waals surface area contributed by atoms with Crippen LogP contribution in [0.25, 0.3) is 22.1 Å². The second-order valence-electron chi connectivity index (χ2n) is 5.78. The van der Waals surface area contributed by atoms with Crippen molar-refractivity contribution in [3.05, 3.63) is 53.8 Å². The van der Waals surface area contributed by atoms with Crippen LogP contribution in [-0.2, 0) is 4.79 Å². The summed E-state index contributed by atoms with van der Waals surface area (Å²) in [7, 11) is 0. The van der Waals surface area contributed by atoms with Crippen molar-refractivity contribution < 1.29 is 9.18 Å². The van der Waals surface area contributed by atoms with Gasteiger partial charge in [-0.25, -0.2) is 9.37 Å². The summed E-state index contributed by atoms with van der Waals surface area (Å²) in [6.07, 6.45) is 0. The number of aromatic nitrogens is 4. The van der Waals surface area contributed by atoms with Crippen molar-refractivity contribution in [1.29, 1.82) is 0 Å². The number of hydrogen-bond donors (Lipinski definition) is 2. The molecule has 0 unspecified atom stereocenters. The summed E-state index contributed by atoms with van der Waals surface area (Å²) < 4.78 is 13.8. The van der Waals surface area contributed by atoms with Gasteiger partial charge in [-0.05, 0) is 30.7 Å². The maximum atomic E-state index is 13.8. The number of halogens is 1.